The van der Waals surface area contributed by atoms with Crippen molar-refractivity contribution in [2.24, 2.45) is 0 Å². The number of carbonyl (C=O) groups is 1. The van der Waals surface area contributed by atoms with Crippen molar-refractivity contribution in [1.29, 1.82) is 0 Å². The molecular weight excluding hydrogens is 318 g/mol. The fourth-order valence-electron chi connectivity index (χ4n) is 2.43. The van der Waals surface area contributed by atoms with E-state index in [1.54, 1.807) is 0 Å². The van der Waals surface area contributed by atoms with E-state index in [2.05, 4.69) is 18.8 Å². The minimum absolute atomic E-state index is 0.372. The van der Waals surface area contributed by atoms with Crippen LogP contribution < -0.4 is 4.74 Å². The summed E-state index contributed by atoms with van der Waals surface area (Å²) in [6, 6.07) is 17.4. The Labute approximate surface area is 146 Å². The van der Waals surface area contributed by atoms with Crippen LogP contribution >= 0.6 is 11.3 Å². The molecule has 0 N–H and O–H groups in total. The summed E-state index contributed by atoms with van der Waals surface area (Å²) in [5, 5.41) is 0.843. The Morgan fingerprint density at radius 1 is 1.04 bits per heavy atom. The third-order valence-corrected chi connectivity index (χ3v) is 4.74. The Bertz CT molecular complexity index is 836. The van der Waals surface area contributed by atoms with Crippen molar-refractivity contribution >= 4 is 17.3 Å². The van der Waals surface area contributed by atoms with Crippen molar-refractivity contribution < 1.29 is 9.53 Å². The Morgan fingerprint density at radius 3 is 2.33 bits per heavy atom. The number of carbonyl (C=O) groups excluding carboxylic acids is 1. The molecule has 0 bridgehead atoms. The summed E-state index contributed by atoms with van der Waals surface area (Å²) in [5.41, 5.74) is 2.56. The van der Waals surface area contributed by atoms with Crippen molar-refractivity contribution in [2.45, 2.75) is 26.7 Å². The van der Waals surface area contributed by atoms with Crippen LogP contribution in [0.15, 0.2) is 54.6 Å². The highest BCUT2D eigenvalue weighted by atomic mass is 32.1. The molecule has 0 saturated heterocycles. The van der Waals surface area contributed by atoms with Gasteiger partial charge in [-0.15, -0.1) is 11.3 Å². The zero-order chi connectivity index (χ0) is 17.1. The van der Waals surface area contributed by atoms with Gasteiger partial charge in [-0.3, -0.25) is 0 Å². The highest BCUT2D eigenvalue weighted by Crippen LogP contribution is 2.31. The van der Waals surface area contributed by atoms with Gasteiger partial charge in [0.25, 0.3) is 0 Å². The molecule has 122 valence electrons. The Balaban J connectivity index is 1.85. The van der Waals surface area contributed by atoms with Crippen LogP contribution in [0.25, 0.3) is 10.4 Å². The molecule has 3 aromatic rings. The molecule has 3 rings (SSSR count). The number of thiazole rings is 1. The van der Waals surface area contributed by atoms with Gasteiger partial charge in [-0.25, -0.2) is 9.78 Å². The lowest BCUT2D eigenvalue weighted by Crippen LogP contribution is -2.10. The lowest BCUT2D eigenvalue weighted by Gasteiger charge is -2.07. The Hall–Kier alpha value is -2.46. The summed E-state index contributed by atoms with van der Waals surface area (Å²) in [4.78, 5) is 17.8. The minimum Gasteiger partial charge on any atom is -0.422 e. The van der Waals surface area contributed by atoms with Crippen molar-refractivity contribution in [1.82, 2.24) is 4.98 Å². The van der Waals surface area contributed by atoms with Crippen LogP contribution in [0, 0.1) is 6.92 Å². The van der Waals surface area contributed by atoms with Crippen molar-refractivity contribution in [3.05, 3.63) is 70.9 Å². The number of benzene rings is 2. The number of hydrogen-bond donors (Lipinski definition) is 0. The lowest BCUT2D eigenvalue weighted by atomic mass is 10.0. The van der Waals surface area contributed by atoms with E-state index in [1.165, 1.54) is 16.9 Å². The average molecular weight is 337 g/mol. The number of rotatable bonds is 4. The molecular formula is C20H19NO2S. The number of esters is 1. The maximum atomic E-state index is 12.6. The van der Waals surface area contributed by atoms with E-state index in [-0.39, 0.29) is 0 Å². The first-order chi connectivity index (χ1) is 11.5. The molecule has 0 aliphatic rings. The van der Waals surface area contributed by atoms with Crippen molar-refractivity contribution in [2.75, 3.05) is 0 Å². The molecule has 24 heavy (non-hydrogen) atoms. The summed E-state index contributed by atoms with van der Waals surface area (Å²) in [5.74, 6) is 0.560. The maximum absolute atomic E-state index is 12.6. The molecule has 1 aromatic heterocycles. The number of aromatic nitrogens is 1. The molecule has 0 aliphatic heterocycles. The zero-order valence-electron chi connectivity index (χ0n) is 13.9. The largest absolute Gasteiger partial charge is 0.422 e. The maximum Gasteiger partial charge on any atom is 0.363 e. The van der Waals surface area contributed by atoms with Crippen LogP contribution in [-0.4, -0.2) is 11.0 Å². The highest BCUT2D eigenvalue weighted by Gasteiger charge is 2.20. The van der Waals surface area contributed by atoms with Crippen molar-refractivity contribution in [3.63, 3.8) is 0 Å². The SMILES string of the molecule is Cc1nc(C(=O)Oc2ccc(C(C)C)cc2)c(-c2ccccc2)s1. The highest BCUT2D eigenvalue weighted by molar-refractivity contribution is 7.15. The quantitative estimate of drug-likeness (QED) is 0.469. The van der Waals surface area contributed by atoms with E-state index < -0.39 is 5.97 Å². The first kappa shape index (κ1) is 16.4. The molecule has 1 heterocycles. The zero-order valence-corrected chi connectivity index (χ0v) is 14.8. The Morgan fingerprint density at radius 2 is 1.71 bits per heavy atom. The summed E-state index contributed by atoms with van der Waals surface area (Å²) in [6.45, 7) is 6.15. The van der Waals surface area contributed by atoms with Gasteiger partial charge in [0.2, 0.25) is 0 Å². The van der Waals surface area contributed by atoms with Crippen molar-refractivity contribution in [3.8, 4) is 16.2 Å². The molecule has 0 unspecified atom stereocenters. The average Bonchev–Trinajstić information content (AvgIpc) is 2.98. The summed E-state index contributed by atoms with van der Waals surface area (Å²) in [7, 11) is 0. The monoisotopic (exact) mass is 337 g/mol. The van der Waals surface area contributed by atoms with E-state index in [1.807, 2.05) is 61.5 Å². The van der Waals surface area contributed by atoms with Crippen LogP contribution in [0.5, 0.6) is 5.75 Å². The van der Waals surface area contributed by atoms with Crippen LogP contribution in [-0.2, 0) is 0 Å². The van der Waals surface area contributed by atoms with Gasteiger partial charge in [0.1, 0.15) is 5.75 Å². The number of aryl methyl sites for hydroxylation is 1. The van der Waals surface area contributed by atoms with Crippen LogP contribution in [0.4, 0.5) is 0 Å². The molecule has 0 saturated carbocycles. The summed E-state index contributed by atoms with van der Waals surface area (Å²) >= 11 is 1.50. The molecule has 0 atom stereocenters. The van der Waals surface area contributed by atoms with Gasteiger partial charge in [-0.2, -0.15) is 0 Å². The second-order valence-electron chi connectivity index (χ2n) is 5.89. The van der Waals surface area contributed by atoms with E-state index >= 15 is 0 Å². The Kier molecular flexibility index (Phi) is 4.76. The predicted molar refractivity (Wildman–Crippen MR) is 97.8 cm³/mol. The van der Waals surface area contributed by atoms with Gasteiger partial charge in [-0.1, -0.05) is 56.3 Å². The lowest BCUT2D eigenvalue weighted by molar-refractivity contribution is 0.0730. The minimum atomic E-state index is -0.421. The van der Waals surface area contributed by atoms with Gasteiger partial charge >= 0.3 is 5.97 Å². The second kappa shape index (κ2) is 6.97. The van der Waals surface area contributed by atoms with Crippen LogP contribution in [0.3, 0.4) is 0 Å². The molecule has 0 amide bonds. The van der Waals surface area contributed by atoms with E-state index in [0.29, 0.717) is 17.4 Å². The number of ether oxygens (including phenoxy) is 1. The first-order valence-corrected chi connectivity index (χ1v) is 8.71. The molecule has 2 aromatic carbocycles. The number of nitrogens with zero attached hydrogens (tertiary/aromatic N) is 1. The van der Waals surface area contributed by atoms with Gasteiger partial charge in [-0.05, 0) is 36.1 Å². The standard InChI is InChI=1S/C20H19NO2S/c1-13(2)15-9-11-17(12-10-15)23-20(22)18-19(24-14(3)21-18)16-7-5-4-6-8-16/h4-13H,1-3H3. The molecule has 0 aliphatic carbocycles. The van der Waals surface area contributed by atoms with Crippen LogP contribution in [0.1, 0.15) is 40.8 Å². The summed E-state index contributed by atoms with van der Waals surface area (Å²) < 4.78 is 5.52. The van der Waals surface area contributed by atoms with Gasteiger partial charge < -0.3 is 4.74 Å². The fraction of sp³-hybridized carbons (Fsp3) is 0.200. The summed E-state index contributed by atoms with van der Waals surface area (Å²) in [6.07, 6.45) is 0. The normalized spacial score (nSPS) is 10.8. The topological polar surface area (TPSA) is 39.2 Å². The van der Waals surface area contributed by atoms with E-state index in [0.717, 1.165) is 15.4 Å². The molecule has 0 spiro atoms. The van der Waals surface area contributed by atoms with Gasteiger partial charge in [0, 0.05) is 0 Å². The molecule has 3 nitrogen and oxygen atoms in total. The smallest absolute Gasteiger partial charge is 0.363 e. The van der Waals surface area contributed by atoms with E-state index in [9.17, 15) is 4.79 Å². The van der Waals surface area contributed by atoms with Crippen LogP contribution in [0.2, 0.25) is 0 Å². The third kappa shape index (κ3) is 3.54. The third-order valence-electron chi connectivity index (χ3n) is 3.72. The fourth-order valence-corrected chi connectivity index (χ4v) is 3.34. The second-order valence-corrected chi connectivity index (χ2v) is 7.09. The number of hydrogen-bond acceptors (Lipinski definition) is 4. The van der Waals surface area contributed by atoms with Gasteiger partial charge in [0.05, 0.1) is 9.88 Å². The van der Waals surface area contributed by atoms with E-state index in [4.69, 9.17) is 4.74 Å². The molecule has 4 heteroatoms. The van der Waals surface area contributed by atoms with Gasteiger partial charge in [0.15, 0.2) is 5.69 Å². The molecule has 0 fully saturated rings. The predicted octanol–water partition coefficient (Wildman–Crippen LogP) is 5.46. The molecule has 0 radical (unpaired) electrons. The first-order valence-electron chi connectivity index (χ1n) is 7.89.